The van der Waals surface area contributed by atoms with E-state index in [1.807, 2.05) is 0 Å². The summed E-state index contributed by atoms with van der Waals surface area (Å²) in [6.45, 7) is 0.766. The van der Waals surface area contributed by atoms with E-state index in [1.54, 1.807) is 23.0 Å². The molecular weight excluding hydrogens is 355 g/mol. The van der Waals surface area contributed by atoms with Crippen LogP contribution in [0.2, 0.25) is 0 Å². The smallest absolute Gasteiger partial charge is 0.168 e. The predicted molar refractivity (Wildman–Crippen MR) is 107 cm³/mol. The van der Waals surface area contributed by atoms with E-state index in [9.17, 15) is 4.39 Å². The molecule has 2 aromatic heterocycles. The largest absolute Gasteiger partial charge is 0.384 e. The molecule has 28 heavy (non-hydrogen) atoms. The molecule has 0 radical (unpaired) electrons. The van der Waals surface area contributed by atoms with Gasteiger partial charge in [-0.25, -0.2) is 19.0 Å². The number of hydrogen-bond donors (Lipinski definition) is 2. The van der Waals surface area contributed by atoms with Crippen LogP contribution in [0.15, 0.2) is 72.9 Å². The van der Waals surface area contributed by atoms with Gasteiger partial charge in [0.2, 0.25) is 0 Å². The highest BCUT2D eigenvalue weighted by Crippen LogP contribution is 2.28. The Morgan fingerprint density at radius 1 is 1.11 bits per heavy atom. The Balaban J connectivity index is 1.32. The quantitative estimate of drug-likeness (QED) is 0.717. The van der Waals surface area contributed by atoms with Crippen molar-refractivity contribution in [3.8, 4) is 5.69 Å². The lowest BCUT2D eigenvalue weighted by Gasteiger charge is -2.19. The molecule has 0 saturated carbocycles. The highest BCUT2D eigenvalue weighted by Gasteiger charge is 2.26. The molecule has 0 spiro atoms. The molecular formula is C21H19FN6. The van der Waals surface area contributed by atoms with E-state index in [1.165, 1.54) is 24.0 Å². The maximum Gasteiger partial charge on any atom is 0.168 e. The van der Waals surface area contributed by atoms with Gasteiger partial charge in [0.05, 0.1) is 23.3 Å². The van der Waals surface area contributed by atoms with E-state index in [0.717, 1.165) is 29.9 Å². The Bertz CT molecular complexity index is 1100. The van der Waals surface area contributed by atoms with E-state index in [4.69, 9.17) is 0 Å². The van der Waals surface area contributed by atoms with Gasteiger partial charge >= 0.3 is 0 Å². The molecule has 3 heterocycles. The van der Waals surface area contributed by atoms with Crippen molar-refractivity contribution in [2.45, 2.75) is 12.5 Å². The molecule has 0 saturated heterocycles. The number of halogens is 1. The van der Waals surface area contributed by atoms with Gasteiger partial charge in [-0.05, 0) is 42.5 Å². The van der Waals surface area contributed by atoms with Gasteiger partial charge in [0, 0.05) is 12.5 Å². The lowest BCUT2D eigenvalue weighted by molar-refractivity contribution is 0.620. The molecule has 140 valence electrons. The average Bonchev–Trinajstić information content (AvgIpc) is 3.34. The number of hydrogen-bond acceptors (Lipinski definition) is 5. The third kappa shape index (κ3) is 2.94. The second-order valence-electron chi connectivity index (χ2n) is 6.88. The van der Waals surface area contributed by atoms with Crippen LogP contribution in [0.3, 0.4) is 0 Å². The number of fused-ring (bicyclic) bond motifs is 2. The van der Waals surface area contributed by atoms with Crippen LogP contribution in [0.5, 0.6) is 0 Å². The maximum atomic E-state index is 13.2. The fourth-order valence-corrected chi connectivity index (χ4v) is 3.74. The molecule has 2 atom stereocenters. The number of benzene rings is 1. The van der Waals surface area contributed by atoms with Crippen LogP contribution in [0.1, 0.15) is 6.42 Å². The maximum absolute atomic E-state index is 13.2. The second kappa shape index (κ2) is 6.92. The van der Waals surface area contributed by atoms with Gasteiger partial charge in [-0.3, -0.25) is 0 Å². The first-order valence-electron chi connectivity index (χ1n) is 9.28. The number of allylic oxidation sites excluding steroid dienone is 2. The van der Waals surface area contributed by atoms with Crippen molar-refractivity contribution in [3.05, 3.63) is 78.7 Å². The molecule has 0 fully saturated rings. The highest BCUT2D eigenvalue weighted by atomic mass is 19.1. The molecule has 0 unspecified atom stereocenters. The number of nitrogens with zero attached hydrogens (tertiary/aromatic N) is 4. The topological polar surface area (TPSA) is 67.7 Å². The van der Waals surface area contributed by atoms with E-state index >= 15 is 0 Å². The summed E-state index contributed by atoms with van der Waals surface area (Å²) in [7, 11) is 0. The Labute approximate surface area is 161 Å². The summed E-state index contributed by atoms with van der Waals surface area (Å²) in [5, 5.41) is 12.1. The molecule has 0 amide bonds. The van der Waals surface area contributed by atoms with Crippen LogP contribution in [-0.4, -0.2) is 32.3 Å². The van der Waals surface area contributed by atoms with Crippen molar-refractivity contribution in [1.82, 2.24) is 25.1 Å². The van der Waals surface area contributed by atoms with Crippen molar-refractivity contribution >= 4 is 16.9 Å². The normalized spacial score (nSPS) is 20.1. The third-order valence-electron chi connectivity index (χ3n) is 5.17. The van der Waals surface area contributed by atoms with E-state index < -0.39 is 0 Å². The molecule has 6 nitrogen and oxygen atoms in total. The standard InChI is InChI=1S/C21H19FN6/c22-15-5-7-16(8-6-15)28-21-18(12-27-28)20(25-13-26-21)23-10-9-14-11-24-19-4-2-1-3-17(14)19/h1-8,11-13,17,19,24H,9-10H2,(H,23,25,26)/t17-,19+/m1/s1. The van der Waals surface area contributed by atoms with E-state index in [-0.39, 0.29) is 5.82 Å². The van der Waals surface area contributed by atoms with Crippen LogP contribution >= 0.6 is 0 Å². The zero-order valence-electron chi connectivity index (χ0n) is 15.1. The fraction of sp³-hybridized carbons (Fsp3) is 0.190. The minimum absolute atomic E-state index is 0.279. The molecule has 0 bridgehead atoms. The molecule has 3 aromatic rings. The van der Waals surface area contributed by atoms with Crippen molar-refractivity contribution in [3.63, 3.8) is 0 Å². The summed E-state index contributed by atoms with van der Waals surface area (Å²) in [5.41, 5.74) is 2.82. The molecule has 1 aliphatic heterocycles. The van der Waals surface area contributed by atoms with Crippen molar-refractivity contribution in [1.29, 1.82) is 0 Å². The Hall–Kier alpha value is -3.48. The summed E-state index contributed by atoms with van der Waals surface area (Å²) >= 11 is 0. The number of anilines is 1. The van der Waals surface area contributed by atoms with Crippen LogP contribution in [-0.2, 0) is 0 Å². The highest BCUT2D eigenvalue weighted by molar-refractivity contribution is 5.87. The number of aromatic nitrogens is 4. The summed E-state index contributed by atoms with van der Waals surface area (Å²) < 4.78 is 14.9. The van der Waals surface area contributed by atoms with Gasteiger partial charge in [-0.15, -0.1) is 0 Å². The SMILES string of the molecule is Fc1ccc(-n2ncc3c(NCCC4=CN[C@H]5C=CC=C[C@H]45)ncnc32)cc1. The Morgan fingerprint density at radius 3 is 2.86 bits per heavy atom. The first-order valence-corrected chi connectivity index (χ1v) is 9.28. The van der Waals surface area contributed by atoms with Crippen LogP contribution in [0, 0.1) is 11.7 Å². The molecule has 5 rings (SSSR count). The molecule has 1 aliphatic carbocycles. The van der Waals surface area contributed by atoms with Crippen LogP contribution in [0.4, 0.5) is 10.2 Å². The van der Waals surface area contributed by atoms with E-state index in [2.05, 4.69) is 56.2 Å². The minimum atomic E-state index is -0.279. The zero-order chi connectivity index (χ0) is 18.9. The van der Waals surface area contributed by atoms with Gasteiger partial charge in [0.25, 0.3) is 0 Å². The summed E-state index contributed by atoms with van der Waals surface area (Å²) in [6, 6.07) is 6.56. The molecule has 1 aromatic carbocycles. The van der Waals surface area contributed by atoms with Gasteiger partial charge < -0.3 is 10.6 Å². The lowest BCUT2D eigenvalue weighted by atomic mass is 9.90. The molecule has 2 N–H and O–H groups in total. The Morgan fingerprint density at radius 2 is 1.96 bits per heavy atom. The average molecular weight is 374 g/mol. The van der Waals surface area contributed by atoms with Gasteiger partial charge in [0.1, 0.15) is 18.0 Å². The summed E-state index contributed by atoms with van der Waals surface area (Å²) in [4.78, 5) is 8.74. The van der Waals surface area contributed by atoms with Crippen molar-refractivity contribution in [2.24, 2.45) is 5.92 Å². The monoisotopic (exact) mass is 374 g/mol. The fourth-order valence-electron chi connectivity index (χ4n) is 3.74. The number of nitrogens with one attached hydrogen (secondary N) is 2. The third-order valence-corrected chi connectivity index (χ3v) is 5.17. The zero-order valence-corrected chi connectivity index (χ0v) is 15.1. The van der Waals surface area contributed by atoms with Crippen LogP contribution < -0.4 is 10.6 Å². The molecule has 2 aliphatic rings. The molecule has 7 heteroatoms. The van der Waals surface area contributed by atoms with Gasteiger partial charge in [-0.2, -0.15) is 5.10 Å². The summed E-state index contributed by atoms with van der Waals surface area (Å²) in [6.07, 6.45) is 14.9. The lowest BCUT2D eigenvalue weighted by Crippen LogP contribution is -2.25. The van der Waals surface area contributed by atoms with Crippen molar-refractivity contribution < 1.29 is 4.39 Å². The Kier molecular flexibility index (Phi) is 4.12. The first kappa shape index (κ1) is 16.7. The summed E-state index contributed by atoms with van der Waals surface area (Å²) in [5.74, 6) is 0.900. The van der Waals surface area contributed by atoms with Gasteiger partial charge in [-0.1, -0.05) is 24.3 Å². The van der Waals surface area contributed by atoms with E-state index in [0.29, 0.717) is 17.6 Å². The second-order valence-corrected chi connectivity index (χ2v) is 6.88. The van der Waals surface area contributed by atoms with Gasteiger partial charge in [0.15, 0.2) is 5.65 Å². The van der Waals surface area contributed by atoms with Crippen LogP contribution in [0.25, 0.3) is 16.7 Å². The minimum Gasteiger partial charge on any atom is -0.384 e. The number of rotatable bonds is 5. The predicted octanol–water partition coefficient (Wildman–Crippen LogP) is 3.35. The van der Waals surface area contributed by atoms with Crippen molar-refractivity contribution in [2.75, 3.05) is 11.9 Å². The first-order chi connectivity index (χ1) is 13.8.